The van der Waals surface area contributed by atoms with Crippen molar-refractivity contribution in [3.8, 4) is 0 Å². The molecule has 0 spiro atoms. The van der Waals surface area contributed by atoms with Crippen LogP contribution >= 0.6 is 0 Å². The molecule has 4 rings (SSSR count). The Balaban J connectivity index is 2.03. The van der Waals surface area contributed by atoms with Gasteiger partial charge in [-0.25, -0.2) is 19.2 Å². The highest BCUT2D eigenvalue weighted by atomic mass is 19.4. The predicted molar refractivity (Wildman–Crippen MR) is 115 cm³/mol. The highest BCUT2D eigenvalue weighted by Crippen LogP contribution is 2.62. The topological polar surface area (TPSA) is 105 Å². The molecule has 0 saturated heterocycles. The van der Waals surface area contributed by atoms with E-state index >= 15 is 0 Å². The second kappa shape index (κ2) is 11.1. The summed E-state index contributed by atoms with van der Waals surface area (Å²) in [5, 5.41) is 0. The van der Waals surface area contributed by atoms with Crippen molar-refractivity contribution >= 4 is 23.9 Å². The second-order valence-electron chi connectivity index (χ2n) is 11.2. The normalized spacial score (nSPS) is 28.4. The molecule has 5 unspecified atom stereocenters. The summed E-state index contributed by atoms with van der Waals surface area (Å²) in [5.74, 6) is -40.3. The van der Waals surface area contributed by atoms with Crippen LogP contribution in [0.15, 0.2) is 12.2 Å². The van der Waals surface area contributed by atoms with Gasteiger partial charge >= 0.3 is 59.9 Å². The van der Waals surface area contributed by atoms with E-state index < -0.39 is 121 Å². The largest absolute Gasteiger partial charge is 0.460 e. The van der Waals surface area contributed by atoms with Crippen LogP contribution in [0.1, 0.15) is 39.0 Å². The molecule has 22 heteroatoms. The fraction of sp³-hybridized carbons (Fsp3) is 0.750. The van der Waals surface area contributed by atoms with E-state index in [2.05, 4.69) is 20.8 Å². The molecule has 4 saturated carbocycles. The fourth-order valence-corrected chi connectivity index (χ4v) is 5.99. The van der Waals surface area contributed by atoms with E-state index in [0.29, 0.717) is 0 Å². The van der Waals surface area contributed by atoms with Gasteiger partial charge in [-0.05, 0) is 38.5 Å². The third-order valence-electron chi connectivity index (χ3n) is 7.68. The molecule has 0 heterocycles. The second-order valence-corrected chi connectivity index (χ2v) is 11.2. The van der Waals surface area contributed by atoms with Gasteiger partial charge in [-0.1, -0.05) is 6.58 Å². The van der Waals surface area contributed by atoms with Gasteiger partial charge in [0, 0.05) is 17.9 Å². The van der Waals surface area contributed by atoms with Crippen molar-refractivity contribution in [2.45, 2.75) is 92.4 Å². The lowest BCUT2D eigenvalue weighted by Crippen LogP contribution is -2.71. The van der Waals surface area contributed by atoms with Gasteiger partial charge in [-0.2, -0.15) is 61.5 Å². The monoisotopic (exact) mass is 702 g/mol. The Labute approximate surface area is 247 Å². The van der Waals surface area contributed by atoms with Crippen LogP contribution in [-0.2, 0) is 38.1 Å². The Morgan fingerprint density at radius 2 is 1.24 bits per heavy atom. The van der Waals surface area contributed by atoms with Crippen molar-refractivity contribution in [3.63, 3.8) is 0 Å². The quantitative estimate of drug-likeness (QED) is 0.128. The van der Waals surface area contributed by atoms with Crippen molar-refractivity contribution < 1.29 is 99.6 Å². The summed E-state index contributed by atoms with van der Waals surface area (Å²) in [6, 6.07) is 0. The number of hydrogen-bond donors (Lipinski definition) is 0. The zero-order chi connectivity index (χ0) is 35.7. The lowest BCUT2D eigenvalue weighted by atomic mass is 9.50. The van der Waals surface area contributed by atoms with Gasteiger partial charge in [-0.15, -0.1) is 0 Å². The van der Waals surface area contributed by atoms with E-state index in [4.69, 9.17) is 4.74 Å². The minimum atomic E-state index is -7.13. The molecule has 0 aromatic carbocycles. The van der Waals surface area contributed by atoms with Crippen molar-refractivity contribution in [3.05, 3.63) is 12.2 Å². The van der Waals surface area contributed by atoms with Crippen LogP contribution in [0.2, 0.25) is 0 Å². The highest BCUT2D eigenvalue weighted by molar-refractivity contribution is 5.88. The Hall–Kier alpha value is -3.36. The number of esters is 4. The molecule has 4 aliphatic rings. The molecule has 8 nitrogen and oxygen atoms in total. The number of halogens is 14. The lowest BCUT2D eigenvalue weighted by Gasteiger charge is -2.62. The van der Waals surface area contributed by atoms with Crippen LogP contribution < -0.4 is 0 Å². The van der Waals surface area contributed by atoms with Crippen molar-refractivity contribution in [1.29, 1.82) is 0 Å². The molecule has 4 aliphatic carbocycles. The molecule has 4 fully saturated rings. The van der Waals surface area contributed by atoms with E-state index in [1.54, 1.807) is 0 Å². The van der Waals surface area contributed by atoms with Gasteiger partial charge in [-0.3, -0.25) is 0 Å². The van der Waals surface area contributed by atoms with E-state index in [0.717, 1.165) is 0 Å². The summed E-state index contributed by atoms with van der Waals surface area (Å²) in [6.07, 6.45) is -20.6. The number of carbonyl (C=O) groups excluding carboxylic acids is 4. The summed E-state index contributed by atoms with van der Waals surface area (Å²) in [5.41, 5.74) is -5.51. The smallest absolute Gasteiger partial charge is 0.456 e. The van der Waals surface area contributed by atoms with Gasteiger partial charge in [0.05, 0.1) is 0 Å². The number of alkyl halides is 14. The van der Waals surface area contributed by atoms with Crippen LogP contribution in [0.4, 0.5) is 61.5 Å². The first-order valence-corrected chi connectivity index (χ1v) is 12.6. The number of hydrogen-bond acceptors (Lipinski definition) is 8. The molecule has 0 amide bonds. The number of carbonyl (C=O) groups is 4. The average Bonchev–Trinajstić information content (AvgIpc) is 2.86. The minimum Gasteiger partial charge on any atom is -0.456 e. The molecule has 0 aromatic heterocycles. The first-order chi connectivity index (χ1) is 20.5. The van der Waals surface area contributed by atoms with Crippen molar-refractivity contribution in [2.24, 2.45) is 11.8 Å². The maximum Gasteiger partial charge on any atom is 0.460 e. The molecule has 0 radical (unpaired) electrons. The number of ether oxygens (including phenoxy) is 4. The predicted octanol–water partition coefficient (Wildman–Crippen LogP) is 5.47. The van der Waals surface area contributed by atoms with Crippen molar-refractivity contribution in [1.82, 2.24) is 0 Å². The highest BCUT2D eigenvalue weighted by Gasteiger charge is 2.80. The summed E-state index contributed by atoms with van der Waals surface area (Å²) < 4.78 is 205. The molecule has 0 aromatic rings. The maximum absolute atomic E-state index is 14.3. The van der Waals surface area contributed by atoms with Crippen LogP contribution in [0.5, 0.6) is 0 Å². The summed E-state index contributed by atoms with van der Waals surface area (Å²) in [4.78, 5) is 48.3. The summed E-state index contributed by atoms with van der Waals surface area (Å²) in [7, 11) is 0. The molecular weight excluding hydrogens is 682 g/mol. The zero-order valence-electron chi connectivity index (χ0n) is 22.7. The van der Waals surface area contributed by atoms with Crippen LogP contribution in [0.25, 0.3) is 0 Å². The standard InChI is InChI=1S/C24H20F14O8/c1-9(2)14(40)43-7-12(39)45-17-4-10-3-11(6-17)13(44-15(41)19(25,26)21(29,30)23(33,34)35)18(5-10,8-17)46-16(42)20(27,28)22(31,32)24(36,37)38/h10-11,13H,1,3-8H2,2H3. The molecule has 4 bridgehead atoms. The summed E-state index contributed by atoms with van der Waals surface area (Å²) >= 11 is 0. The van der Waals surface area contributed by atoms with E-state index in [1.165, 1.54) is 6.92 Å². The SMILES string of the molecule is C=C(C)C(=O)OCC(=O)OC12CC3CC(C1)C(OC(=O)C(F)(F)C(F)(F)C(F)(F)F)C(OC(=O)C(F)(F)C(F)(F)C(F)(F)F)(C3)C2. The Kier molecular flexibility index (Phi) is 8.97. The van der Waals surface area contributed by atoms with Gasteiger partial charge in [0.15, 0.2) is 12.2 Å². The van der Waals surface area contributed by atoms with Gasteiger partial charge in [0.25, 0.3) is 0 Å². The fourth-order valence-electron chi connectivity index (χ4n) is 5.99. The van der Waals surface area contributed by atoms with Crippen LogP contribution in [-0.4, -0.2) is 83.8 Å². The van der Waals surface area contributed by atoms with Crippen LogP contribution in [0, 0.1) is 11.8 Å². The maximum atomic E-state index is 14.3. The van der Waals surface area contributed by atoms with Gasteiger partial charge < -0.3 is 18.9 Å². The molecule has 0 N–H and O–H groups in total. The molecule has 0 aliphatic heterocycles. The third kappa shape index (κ3) is 6.06. The Morgan fingerprint density at radius 1 is 0.739 bits per heavy atom. The first-order valence-electron chi connectivity index (χ1n) is 12.6. The Bertz CT molecular complexity index is 1290. The molecular formula is C24H20F14O8. The molecule has 262 valence electrons. The van der Waals surface area contributed by atoms with Crippen LogP contribution in [0.3, 0.4) is 0 Å². The van der Waals surface area contributed by atoms with Crippen molar-refractivity contribution in [2.75, 3.05) is 6.61 Å². The number of rotatable bonds is 10. The lowest BCUT2D eigenvalue weighted by molar-refractivity contribution is -0.358. The van der Waals surface area contributed by atoms with E-state index in [-0.39, 0.29) is 12.0 Å². The van der Waals surface area contributed by atoms with Gasteiger partial charge in [0.2, 0.25) is 0 Å². The average molecular weight is 702 g/mol. The molecule has 46 heavy (non-hydrogen) atoms. The molecule has 5 atom stereocenters. The first kappa shape index (κ1) is 37.1. The Morgan fingerprint density at radius 3 is 1.72 bits per heavy atom. The third-order valence-corrected chi connectivity index (χ3v) is 7.68. The summed E-state index contributed by atoms with van der Waals surface area (Å²) in [6.45, 7) is 3.22. The zero-order valence-corrected chi connectivity index (χ0v) is 22.7. The van der Waals surface area contributed by atoms with Gasteiger partial charge in [0.1, 0.15) is 11.7 Å². The minimum absolute atomic E-state index is 0.206. The van der Waals surface area contributed by atoms with E-state index in [1.807, 2.05) is 0 Å². The van der Waals surface area contributed by atoms with E-state index in [9.17, 15) is 80.6 Å².